The third-order valence-corrected chi connectivity index (χ3v) is 4.45. The van der Waals surface area contributed by atoms with Gasteiger partial charge in [-0.2, -0.15) is 0 Å². The van der Waals surface area contributed by atoms with Gasteiger partial charge in [-0.25, -0.2) is 4.79 Å². The molecule has 1 unspecified atom stereocenters. The van der Waals surface area contributed by atoms with Crippen LogP contribution in [0.15, 0.2) is 12.1 Å². The summed E-state index contributed by atoms with van der Waals surface area (Å²) in [6, 6.07) is 3.14. The maximum atomic E-state index is 11.6. The predicted molar refractivity (Wildman–Crippen MR) is 99.7 cm³/mol. The number of hydrogen-bond acceptors (Lipinski definition) is 4. The Morgan fingerprint density at radius 1 is 1.25 bits per heavy atom. The van der Waals surface area contributed by atoms with Gasteiger partial charge >= 0.3 is 5.97 Å². The zero-order chi connectivity index (χ0) is 15.3. The first-order valence-electron chi connectivity index (χ1n) is 5.47. The fourth-order valence-corrected chi connectivity index (χ4v) is 5.28. The molecule has 1 aromatic carbocycles. The van der Waals surface area contributed by atoms with Gasteiger partial charge in [0, 0.05) is 10.5 Å². The molecule has 0 saturated heterocycles. The molecule has 0 aliphatic rings. The Hall–Kier alpha value is 0.150. The normalized spacial score (nSPS) is 11.7. The van der Waals surface area contributed by atoms with Gasteiger partial charge in [0.25, 0.3) is 0 Å². The zero-order valence-electron chi connectivity index (χ0n) is 10.7. The molecule has 20 heavy (non-hydrogen) atoms. The molecule has 0 heterocycles. The zero-order valence-corrected chi connectivity index (χ0v) is 17.2. The van der Waals surface area contributed by atoms with E-state index in [1.165, 1.54) is 14.0 Å². The lowest BCUT2D eigenvalue weighted by Gasteiger charge is -2.17. The molecule has 1 N–H and O–H groups in total. The summed E-state index contributed by atoms with van der Waals surface area (Å²) in [7, 11) is 1.27. The molecule has 1 rings (SSSR count). The first kappa shape index (κ1) is 18.2. The molecule has 8 heteroatoms. The summed E-state index contributed by atoms with van der Waals surface area (Å²) in [5.41, 5.74) is 0. The van der Waals surface area contributed by atoms with Crippen LogP contribution < -0.4 is 10.1 Å². The van der Waals surface area contributed by atoms with Crippen LogP contribution in [0, 0.1) is 10.7 Å². The highest BCUT2D eigenvalue weighted by Gasteiger charge is 2.22. The van der Waals surface area contributed by atoms with Gasteiger partial charge < -0.3 is 14.8 Å². The van der Waals surface area contributed by atoms with E-state index in [-0.39, 0.29) is 12.5 Å². The second-order valence-corrected chi connectivity index (χ2v) is 7.36. The van der Waals surface area contributed by atoms with Crippen molar-refractivity contribution in [1.82, 2.24) is 5.32 Å². The van der Waals surface area contributed by atoms with Gasteiger partial charge in [-0.15, -0.1) is 0 Å². The summed E-state index contributed by atoms with van der Waals surface area (Å²) < 4.78 is 13.3. The lowest BCUT2D eigenvalue weighted by Crippen LogP contribution is -2.44. The first-order chi connectivity index (χ1) is 9.35. The number of nitrogens with one attached hydrogen (secondary N) is 1. The van der Waals surface area contributed by atoms with Crippen LogP contribution in [0.5, 0.6) is 5.75 Å². The van der Waals surface area contributed by atoms with Gasteiger partial charge in [0.2, 0.25) is 5.91 Å². The smallest absolute Gasteiger partial charge is 0.331 e. The third-order valence-electron chi connectivity index (χ3n) is 2.22. The van der Waals surface area contributed by atoms with Crippen LogP contribution in [-0.2, 0) is 14.3 Å². The van der Waals surface area contributed by atoms with Gasteiger partial charge in [-0.3, -0.25) is 4.79 Å². The van der Waals surface area contributed by atoms with E-state index < -0.39 is 12.0 Å². The highest BCUT2D eigenvalue weighted by molar-refractivity contribution is 14.1. The molecule has 0 aliphatic carbocycles. The summed E-state index contributed by atoms with van der Waals surface area (Å²) >= 11 is 6.57. The minimum atomic E-state index is -0.816. The van der Waals surface area contributed by atoms with Crippen molar-refractivity contribution < 1.29 is 19.1 Å². The van der Waals surface area contributed by atoms with Crippen LogP contribution in [0.3, 0.4) is 0 Å². The van der Waals surface area contributed by atoms with Crippen molar-refractivity contribution >= 4 is 79.6 Å². The van der Waals surface area contributed by atoms with Crippen LogP contribution in [0.1, 0.15) is 6.92 Å². The van der Waals surface area contributed by atoms with Crippen molar-refractivity contribution in [3.63, 3.8) is 0 Å². The summed E-state index contributed by atoms with van der Waals surface area (Å²) in [4.78, 5) is 22.7. The van der Waals surface area contributed by atoms with Crippen molar-refractivity contribution in [2.24, 2.45) is 0 Å². The highest BCUT2D eigenvalue weighted by Crippen LogP contribution is 2.29. The average molecular weight is 615 g/mol. The lowest BCUT2D eigenvalue weighted by atomic mass is 10.3. The quantitative estimate of drug-likeness (QED) is 0.409. The second-order valence-electron chi connectivity index (χ2n) is 3.79. The van der Waals surface area contributed by atoms with Crippen LogP contribution in [0.4, 0.5) is 0 Å². The first-order valence-corrected chi connectivity index (χ1v) is 8.71. The Kier molecular flexibility index (Phi) is 7.79. The molecule has 0 radical (unpaired) electrons. The van der Waals surface area contributed by atoms with E-state index in [2.05, 4.69) is 77.8 Å². The van der Waals surface area contributed by atoms with E-state index in [4.69, 9.17) is 4.74 Å². The molecule has 0 aromatic heterocycles. The fourth-order valence-electron chi connectivity index (χ4n) is 1.39. The Morgan fingerprint density at radius 2 is 1.80 bits per heavy atom. The predicted octanol–water partition coefficient (Wildman–Crippen LogP) is 2.56. The number of ether oxygens (including phenoxy) is 2. The number of esters is 1. The van der Waals surface area contributed by atoms with Crippen molar-refractivity contribution in [3.05, 3.63) is 22.8 Å². The second kappa shape index (κ2) is 8.56. The van der Waals surface area contributed by atoms with Crippen LogP contribution in [0.25, 0.3) is 0 Å². The van der Waals surface area contributed by atoms with E-state index >= 15 is 0 Å². The van der Waals surface area contributed by atoms with E-state index in [1.54, 1.807) is 0 Å². The Labute approximate surface area is 158 Å². The summed E-state index contributed by atoms with van der Waals surface area (Å²) in [6.07, 6.45) is 0. The maximum Gasteiger partial charge on any atom is 0.331 e. The number of halogens is 3. The molecular formula is C12H12I3NO4. The molecule has 0 bridgehead atoms. The summed E-state index contributed by atoms with van der Waals surface area (Å²) in [5.74, 6) is -0.141. The Balaban J connectivity index is 2.82. The van der Waals surface area contributed by atoms with E-state index in [1.807, 2.05) is 12.1 Å². The Morgan fingerprint density at radius 3 is 2.25 bits per heavy atom. The van der Waals surface area contributed by atoms with Crippen molar-refractivity contribution in [1.29, 1.82) is 0 Å². The topological polar surface area (TPSA) is 64.6 Å². The lowest BCUT2D eigenvalue weighted by molar-refractivity contribution is -0.145. The minimum Gasteiger partial charge on any atom is -0.489 e. The molecule has 110 valence electrons. The van der Waals surface area contributed by atoms with Crippen molar-refractivity contribution in [2.75, 3.05) is 13.7 Å². The van der Waals surface area contributed by atoms with Gasteiger partial charge in [-0.05, 0) is 79.9 Å². The molecule has 0 saturated carbocycles. The highest BCUT2D eigenvalue weighted by atomic mass is 127. The number of rotatable bonds is 5. The molecule has 0 spiro atoms. The molecule has 1 atom stereocenters. The summed E-state index contributed by atoms with van der Waals surface area (Å²) in [5, 5.41) is 2.51. The van der Waals surface area contributed by atoms with Crippen LogP contribution >= 0.6 is 67.8 Å². The molecule has 1 amide bonds. The third kappa shape index (κ3) is 5.50. The monoisotopic (exact) mass is 615 g/mol. The molecule has 1 aromatic rings. The average Bonchev–Trinajstić information content (AvgIpc) is 2.34. The molecule has 0 aliphatic heterocycles. The fraction of sp³-hybridized carbons (Fsp3) is 0.333. The van der Waals surface area contributed by atoms with Crippen LogP contribution in [-0.4, -0.2) is 31.6 Å². The van der Waals surface area contributed by atoms with E-state index in [0.29, 0.717) is 5.75 Å². The molecule has 0 fully saturated rings. The number of carbonyl (C=O) groups is 2. The van der Waals surface area contributed by atoms with Crippen molar-refractivity contribution in [3.8, 4) is 5.75 Å². The SMILES string of the molecule is COC(=O)C(COc1c(I)cc(I)cc1I)NC(C)=O. The number of hydrogen-bond donors (Lipinski definition) is 1. The van der Waals surface area contributed by atoms with Gasteiger partial charge in [0.15, 0.2) is 6.04 Å². The molecular weight excluding hydrogens is 603 g/mol. The number of methoxy groups -OCH3 is 1. The van der Waals surface area contributed by atoms with Gasteiger partial charge in [0.05, 0.1) is 14.3 Å². The largest absolute Gasteiger partial charge is 0.489 e. The minimum absolute atomic E-state index is 0.0266. The summed E-state index contributed by atoms with van der Waals surface area (Å²) in [6.45, 7) is 1.37. The molecule has 5 nitrogen and oxygen atoms in total. The standard InChI is InChI=1S/C12H12I3NO4/c1-6(17)16-10(12(18)19-2)5-20-11-8(14)3-7(13)4-9(11)15/h3-4,10H,5H2,1-2H3,(H,16,17). The van der Waals surface area contributed by atoms with Crippen LogP contribution in [0.2, 0.25) is 0 Å². The Bertz CT molecular complexity index is 498. The van der Waals surface area contributed by atoms with Gasteiger partial charge in [-0.1, -0.05) is 0 Å². The number of carbonyl (C=O) groups excluding carboxylic acids is 2. The maximum absolute atomic E-state index is 11.6. The number of amides is 1. The van der Waals surface area contributed by atoms with Crippen molar-refractivity contribution in [2.45, 2.75) is 13.0 Å². The van der Waals surface area contributed by atoms with Gasteiger partial charge in [0.1, 0.15) is 12.4 Å². The van der Waals surface area contributed by atoms with E-state index in [0.717, 1.165) is 10.7 Å². The van der Waals surface area contributed by atoms with E-state index in [9.17, 15) is 9.59 Å². The number of benzene rings is 1.